The van der Waals surface area contributed by atoms with E-state index in [9.17, 15) is 5.11 Å². The van der Waals surface area contributed by atoms with Crippen LogP contribution in [0.5, 0.6) is 0 Å². The lowest BCUT2D eigenvalue weighted by Crippen LogP contribution is -2.38. The van der Waals surface area contributed by atoms with Gasteiger partial charge in [-0.2, -0.15) is 0 Å². The number of aliphatic hydroxyl groups excluding tert-OH is 1. The molecule has 1 N–H and O–H groups in total. The highest BCUT2D eigenvalue weighted by Gasteiger charge is 2.78. The highest BCUT2D eigenvalue weighted by molar-refractivity contribution is 5.27. The minimum absolute atomic E-state index is 0.0914. The molecule has 3 aliphatic rings. The molecule has 2 heteroatoms. The van der Waals surface area contributed by atoms with Gasteiger partial charge in [-0.25, -0.2) is 0 Å². The highest BCUT2D eigenvalue weighted by atomic mass is 16.6. The van der Waals surface area contributed by atoms with Crippen molar-refractivity contribution in [3.05, 3.63) is 0 Å². The first-order chi connectivity index (χ1) is 6.00. The topological polar surface area (TPSA) is 32.8 Å². The third kappa shape index (κ3) is 0.816. The molecule has 0 aromatic heterocycles. The summed E-state index contributed by atoms with van der Waals surface area (Å²) in [5, 5.41) is 9.87. The number of rotatable bonds is 0. The van der Waals surface area contributed by atoms with Crippen LogP contribution in [0.3, 0.4) is 0 Å². The summed E-state index contributed by atoms with van der Waals surface area (Å²) < 4.78 is 5.89. The van der Waals surface area contributed by atoms with E-state index in [1.807, 2.05) is 0 Å². The van der Waals surface area contributed by atoms with Gasteiger partial charge >= 0.3 is 0 Å². The van der Waals surface area contributed by atoms with E-state index in [2.05, 4.69) is 13.8 Å². The Labute approximate surface area is 79.3 Å². The molecule has 1 saturated heterocycles. The van der Waals surface area contributed by atoms with Crippen molar-refractivity contribution in [3.8, 4) is 0 Å². The summed E-state index contributed by atoms with van der Waals surface area (Å²) in [6.45, 7) is 4.64. The Morgan fingerprint density at radius 2 is 2.00 bits per heavy atom. The Balaban J connectivity index is 1.92. The summed E-state index contributed by atoms with van der Waals surface area (Å²) >= 11 is 0. The Kier molecular flexibility index (Phi) is 1.24. The molecule has 2 nitrogen and oxygen atoms in total. The monoisotopic (exact) mass is 182 g/mol. The van der Waals surface area contributed by atoms with E-state index < -0.39 is 0 Å². The van der Waals surface area contributed by atoms with E-state index in [-0.39, 0.29) is 17.3 Å². The quantitative estimate of drug-likeness (QED) is 0.580. The second-order valence-electron chi connectivity index (χ2n) is 5.88. The molecule has 1 aliphatic heterocycles. The molecule has 0 unspecified atom stereocenters. The van der Waals surface area contributed by atoms with Crippen molar-refractivity contribution in [3.63, 3.8) is 0 Å². The molecule has 0 aromatic rings. The van der Waals surface area contributed by atoms with Crippen LogP contribution in [0.2, 0.25) is 0 Å². The van der Waals surface area contributed by atoms with Crippen molar-refractivity contribution in [2.45, 2.75) is 63.3 Å². The van der Waals surface area contributed by atoms with Gasteiger partial charge < -0.3 is 9.84 Å². The van der Waals surface area contributed by atoms with Crippen LogP contribution in [0.25, 0.3) is 0 Å². The Morgan fingerprint density at radius 1 is 1.23 bits per heavy atom. The van der Waals surface area contributed by atoms with Crippen molar-refractivity contribution in [2.75, 3.05) is 0 Å². The predicted molar refractivity (Wildman–Crippen MR) is 49.4 cm³/mol. The normalized spacial score (nSPS) is 57.0. The van der Waals surface area contributed by atoms with Crippen molar-refractivity contribution in [2.24, 2.45) is 5.41 Å². The smallest absolute Gasteiger partial charge is 0.124 e. The van der Waals surface area contributed by atoms with E-state index in [0.29, 0.717) is 5.41 Å². The number of hydrogen-bond donors (Lipinski definition) is 1. The van der Waals surface area contributed by atoms with Crippen molar-refractivity contribution in [1.82, 2.24) is 0 Å². The lowest BCUT2D eigenvalue weighted by atomic mass is 9.68. The van der Waals surface area contributed by atoms with Crippen LogP contribution in [-0.2, 0) is 4.74 Å². The minimum Gasteiger partial charge on any atom is -0.390 e. The van der Waals surface area contributed by atoms with E-state index in [1.165, 1.54) is 6.42 Å². The van der Waals surface area contributed by atoms with Gasteiger partial charge in [-0.3, -0.25) is 0 Å². The van der Waals surface area contributed by atoms with Crippen LogP contribution < -0.4 is 0 Å². The first-order valence-corrected chi connectivity index (χ1v) is 5.38. The van der Waals surface area contributed by atoms with E-state index in [1.54, 1.807) is 0 Å². The fraction of sp³-hybridized carbons (Fsp3) is 1.00. The lowest BCUT2D eigenvalue weighted by molar-refractivity contribution is 0.0577. The van der Waals surface area contributed by atoms with Gasteiger partial charge in [0.1, 0.15) is 11.2 Å². The van der Waals surface area contributed by atoms with E-state index in [4.69, 9.17) is 4.74 Å². The van der Waals surface area contributed by atoms with Crippen LogP contribution in [-0.4, -0.2) is 22.4 Å². The van der Waals surface area contributed by atoms with Gasteiger partial charge in [0.05, 0.1) is 6.10 Å². The summed E-state index contributed by atoms with van der Waals surface area (Å²) in [7, 11) is 0. The van der Waals surface area contributed by atoms with E-state index in [0.717, 1.165) is 25.7 Å². The second kappa shape index (κ2) is 1.96. The summed E-state index contributed by atoms with van der Waals surface area (Å²) in [5.41, 5.74) is 0.417. The molecule has 1 heterocycles. The maximum atomic E-state index is 9.87. The zero-order valence-corrected chi connectivity index (χ0v) is 8.47. The maximum Gasteiger partial charge on any atom is 0.124 e. The van der Waals surface area contributed by atoms with Crippen LogP contribution in [0.15, 0.2) is 0 Å². The van der Waals surface area contributed by atoms with E-state index >= 15 is 0 Å². The van der Waals surface area contributed by atoms with Crippen LogP contribution in [0.4, 0.5) is 0 Å². The maximum absolute atomic E-state index is 9.87. The largest absolute Gasteiger partial charge is 0.390 e. The molecule has 13 heavy (non-hydrogen) atoms. The molecule has 2 saturated carbocycles. The predicted octanol–water partition coefficient (Wildman–Crippen LogP) is 1.86. The van der Waals surface area contributed by atoms with Gasteiger partial charge in [0, 0.05) is 0 Å². The third-order valence-electron chi connectivity index (χ3n) is 4.40. The number of ether oxygens (including phenoxy) is 1. The Hall–Kier alpha value is -0.0800. The minimum atomic E-state index is -0.177. The molecule has 0 radical (unpaired) electrons. The lowest BCUT2D eigenvalue weighted by Gasteiger charge is -2.33. The fourth-order valence-corrected chi connectivity index (χ4v) is 3.67. The number of epoxide rings is 1. The summed E-state index contributed by atoms with van der Waals surface area (Å²) in [6, 6.07) is 0. The van der Waals surface area contributed by atoms with Gasteiger partial charge in [-0.05, 0) is 37.5 Å². The van der Waals surface area contributed by atoms with Crippen molar-refractivity contribution >= 4 is 0 Å². The molecular formula is C11H18O2. The fourth-order valence-electron chi connectivity index (χ4n) is 3.67. The van der Waals surface area contributed by atoms with Crippen molar-refractivity contribution in [1.29, 1.82) is 0 Å². The Bertz CT molecular complexity index is 261. The number of hydrogen-bond acceptors (Lipinski definition) is 2. The molecule has 3 fully saturated rings. The molecule has 0 aromatic carbocycles. The average molecular weight is 182 g/mol. The number of aliphatic hydroxyl groups is 1. The summed E-state index contributed by atoms with van der Waals surface area (Å²) in [4.78, 5) is 0. The van der Waals surface area contributed by atoms with Gasteiger partial charge in [0.15, 0.2) is 0 Å². The van der Waals surface area contributed by atoms with Gasteiger partial charge in [-0.1, -0.05) is 13.8 Å². The molecular weight excluding hydrogens is 164 g/mol. The molecule has 3 atom stereocenters. The second-order valence-corrected chi connectivity index (χ2v) is 5.88. The molecule has 0 amide bonds. The average Bonchev–Trinajstić information content (AvgIpc) is 2.61. The highest BCUT2D eigenvalue weighted by Crippen LogP contribution is 2.69. The van der Waals surface area contributed by atoms with Gasteiger partial charge in [0.2, 0.25) is 0 Å². The SMILES string of the molecule is CC1(C)CC[C@]23O[C@]2(CC[C@H]3O)C1. The third-order valence-corrected chi connectivity index (χ3v) is 4.40. The standard InChI is InChI=1S/C11H18O2/c1-9(2)5-6-11-8(12)3-4-10(11,7-9)13-11/h8,12H,3-7H2,1-2H3/t8-,10-,11-/m1/s1. The zero-order valence-electron chi connectivity index (χ0n) is 8.47. The Morgan fingerprint density at radius 3 is 2.77 bits per heavy atom. The molecule has 0 bridgehead atoms. The first-order valence-electron chi connectivity index (χ1n) is 5.38. The first kappa shape index (κ1) is 8.25. The molecule has 74 valence electrons. The summed E-state index contributed by atoms with van der Waals surface area (Å²) in [6.07, 6.45) is 5.28. The van der Waals surface area contributed by atoms with Gasteiger partial charge in [0.25, 0.3) is 0 Å². The zero-order chi connectivity index (χ0) is 9.32. The molecule has 2 aliphatic carbocycles. The van der Waals surface area contributed by atoms with Crippen molar-refractivity contribution < 1.29 is 9.84 Å². The molecule has 0 spiro atoms. The molecule has 3 rings (SSSR count). The van der Waals surface area contributed by atoms with Gasteiger partial charge in [-0.15, -0.1) is 0 Å². The van der Waals surface area contributed by atoms with Crippen LogP contribution in [0, 0.1) is 5.41 Å². The van der Waals surface area contributed by atoms with Crippen LogP contribution >= 0.6 is 0 Å². The van der Waals surface area contributed by atoms with Crippen LogP contribution in [0.1, 0.15) is 46.0 Å². The summed E-state index contributed by atoms with van der Waals surface area (Å²) in [5.74, 6) is 0.